The molecule has 0 aliphatic carbocycles. The molecule has 0 fully saturated rings. The molecular formula is C16H12ClN3O4. The molecule has 0 bridgehead atoms. The normalized spacial score (nSPS) is 13.0. The van der Waals surface area contributed by atoms with Crippen LogP contribution < -0.4 is 4.90 Å². The summed E-state index contributed by atoms with van der Waals surface area (Å²) in [5, 5.41) is 0.955. The molecule has 24 heavy (non-hydrogen) atoms. The van der Waals surface area contributed by atoms with Gasteiger partial charge in [0.05, 0.1) is 16.1 Å². The highest BCUT2D eigenvalue weighted by atomic mass is 35.5. The van der Waals surface area contributed by atoms with Gasteiger partial charge in [0.2, 0.25) is 0 Å². The number of rotatable bonds is 4. The highest BCUT2D eigenvalue weighted by molar-refractivity contribution is 6.30. The summed E-state index contributed by atoms with van der Waals surface area (Å²) in [5.74, 6) is -1.57. The maximum Gasteiger partial charge on any atom is 0.352 e. The zero-order valence-corrected chi connectivity index (χ0v) is 13.4. The molecule has 0 N–H and O–H groups in total. The third-order valence-electron chi connectivity index (χ3n) is 3.42. The van der Waals surface area contributed by atoms with E-state index in [2.05, 4.69) is 4.98 Å². The van der Waals surface area contributed by atoms with Crippen LogP contribution in [0.1, 0.15) is 20.7 Å². The summed E-state index contributed by atoms with van der Waals surface area (Å²) in [5.41, 5.74) is 0.422. The molecule has 0 unspecified atom stereocenters. The van der Waals surface area contributed by atoms with Crippen molar-refractivity contribution in [1.29, 1.82) is 0 Å². The largest absolute Gasteiger partial charge is 0.352 e. The molecule has 2 aromatic rings. The summed E-state index contributed by atoms with van der Waals surface area (Å²) < 4.78 is 0. The van der Waals surface area contributed by atoms with Crippen molar-refractivity contribution in [2.24, 2.45) is 0 Å². The van der Waals surface area contributed by atoms with Gasteiger partial charge in [0.15, 0.2) is 0 Å². The van der Waals surface area contributed by atoms with Crippen LogP contribution in [-0.4, -0.2) is 41.4 Å². The summed E-state index contributed by atoms with van der Waals surface area (Å²) in [4.78, 5) is 46.8. The number of imide groups is 1. The molecule has 1 aliphatic rings. The Bertz CT molecular complexity index is 787. The van der Waals surface area contributed by atoms with Gasteiger partial charge in [0.1, 0.15) is 12.4 Å². The van der Waals surface area contributed by atoms with Gasteiger partial charge in [-0.2, -0.15) is 0 Å². The summed E-state index contributed by atoms with van der Waals surface area (Å²) in [6, 6.07) is 9.55. The van der Waals surface area contributed by atoms with Crippen LogP contribution in [0.5, 0.6) is 0 Å². The van der Waals surface area contributed by atoms with E-state index in [-0.39, 0.29) is 17.7 Å². The Balaban J connectivity index is 1.66. The van der Waals surface area contributed by atoms with E-state index < -0.39 is 17.8 Å². The first-order chi connectivity index (χ1) is 11.5. The smallest absolute Gasteiger partial charge is 0.348 e. The van der Waals surface area contributed by atoms with Gasteiger partial charge < -0.3 is 9.74 Å². The average molecular weight is 346 g/mol. The van der Waals surface area contributed by atoms with Crippen LogP contribution in [0.25, 0.3) is 0 Å². The molecular weight excluding hydrogens is 334 g/mol. The van der Waals surface area contributed by atoms with E-state index in [1.165, 1.54) is 23.2 Å². The molecule has 0 spiro atoms. The molecule has 3 rings (SSSR count). The minimum atomic E-state index is -0.760. The van der Waals surface area contributed by atoms with Crippen molar-refractivity contribution in [3.05, 3.63) is 58.7 Å². The number of hydrogen-bond acceptors (Lipinski definition) is 6. The third kappa shape index (κ3) is 2.93. The summed E-state index contributed by atoms with van der Waals surface area (Å²) in [6.07, 6.45) is 1.45. The van der Waals surface area contributed by atoms with E-state index >= 15 is 0 Å². The first-order valence-corrected chi connectivity index (χ1v) is 7.36. The molecule has 0 saturated carbocycles. The van der Waals surface area contributed by atoms with E-state index in [1.54, 1.807) is 31.3 Å². The number of hydroxylamine groups is 2. The Labute approximate surface area is 142 Å². The standard InChI is InChI=1S/C16H12ClN3O4/c1-19(13-7-6-10(17)8-18-13)9-14(21)24-20-15(22)11-4-2-3-5-12(11)16(20)23/h2-8H,9H2,1H3. The number of fused-ring (bicyclic) bond motifs is 1. The Kier molecular flexibility index (Phi) is 4.18. The second-order valence-electron chi connectivity index (χ2n) is 5.10. The zero-order valence-electron chi connectivity index (χ0n) is 12.6. The molecule has 7 nitrogen and oxygen atoms in total. The number of likely N-dealkylation sites (N-methyl/N-ethyl adjacent to an activating group) is 1. The van der Waals surface area contributed by atoms with Gasteiger partial charge in [-0.1, -0.05) is 28.8 Å². The fraction of sp³-hybridized carbons (Fsp3) is 0.125. The van der Waals surface area contributed by atoms with E-state index in [0.717, 1.165) is 0 Å². The molecule has 8 heteroatoms. The number of benzene rings is 1. The lowest BCUT2D eigenvalue weighted by molar-refractivity contribution is -0.166. The first kappa shape index (κ1) is 15.9. The van der Waals surface area contributed by atoms with Crippen molar-refractivity contribution in [1.82, 2.24) is 10.0 Å². The van der Waals surface area contributed by atoms with Crippen molar-refractivity contribution < 1.29 is 19.2 Å². The Morgan fingerprint density at radius 3 is 2.33 bits per heavy atom. The number of nitrogens with zero attached hydrogens (tertiary/aromatic N) is 3. The molecule has 0 atom stereocenters. The van der Waals surface area contributed by atoms with Gasteiger partial charge in [0, 0.05) is 13.2 Å². The summed E-state index contributed by atoms with van der Waals surface area (Å²) in [6.45, 7) is -0.192. The second kappa shape index (κ2) is 6.29. The Hall–Kier alpha value is -2.93. The van der Waals surface area contributed by atoms with Crippen LogP contribution in [0.15, 0.2) is 42.6 Å². The maximum atomic E-state index is 12.1. The molecule has 1 aliphatic heterocycles. The Morgan fingerprint density at radius 1 is 1.17 bits per heavy atom. The van der Waals surface area contributed by atoms with Gasteiger partial charge in [0.25, 0.3) is 11.8 Å². The molecule has 2 amide bonds. The fourth-order valence-corrected chi connectivity index (χ4v) is 2.36. The van der Waals surface area contributed by atoms with E-state index in [4.69, 9.17) is 16.4 Å². The molecule has 2 heterocycles. The number of halogens is 1. The quantitative estimate of drug-likeness (QED) is 0.788. The first-order valence-electron chi connectivity index (χ1n) is 6.98. The topological polar surface area (TPSA) is 79.8 Å². The van der Waals surface area contributed by atoms with Crippen LogP contribution in [0, 0.1) is 0 Å². The van der Waals surface area contributed by atoms with Gasteiger partial charge in [-0.05, 0) is 24.3 Å². The predicted molar refractivity (Wildman–Crippen MR) is 85.6 cm³/mol. The predicted octanol–water partition coefficient (Wildman–Crippen LogP) is 1.93. The van der Waals surface area contributed by atoms with Crippen LogP contribution >= 0.6 is 11.6 Å². The van der Waals surface area contributed by atoms with Crippen molar-refractivity contribution >= 4 is 35.2 Å². The second-order valence-corrected chi connectivity index (χ2v) is 5.54. The molecule has 1 aromatic carbocycles. The number of aromatic nitrogens is 1. The minimum absolute atomic E-state index is 0.192. The SMILES string of the molecule is CN(CC(=O)ON1C(=O)c2ccccc2C1=O)c1ccc(Cl)cn1. The number of carbonyl (C=O) groups excluding carboxylic acids is 3. The fourth-order valence-electron chi connectivity index (χ4n) is 2.25. The molecule has 122 valence electrons. The van der Waals surface area contributed by atoms with Gasteiger partial charge >= 0.3 is 5.97 Å². The van der Waals surface area contributed by atoms with Gasteiger partial charge in [-0.3, -0.25) is 9.59 Å². The third-order valence-corrected chi connectivity index (χ3v) is 3.64. The van der Waals surface area contributed by atoms with Crippen molar-refractivity contribution in [2.45, 2.75) is 0 Å². The average Bonchev–Trinajstić information content (AvgIpc) is 2.81. The molecule has 1 aromatic heterocycles. The van der Waals surface area contributed by atoms with Crippen LogP contribution in [0.3, 0.4) is 0 Å². The Morgan fingerprint density at radius 2 is 1.79 bits per heavy atom. The summed E-state index contributed by atoms with van der Waals surface area (Å²) in [7, 11) is 1.62. The highest BCUT2D eigenvalue weighted by Gasteiger charge is 2.38. The van der Waals surface area contributed by atoms with Gasteiger partial charge in [-0.15, -0.1) is 0 Å². The lowest BCUT2D eigenvalue weighted by Crippen LogP contribution is -2.37. The maximum absolute atomic E-state index is 12.1. The zero-order chi connectivity index (χ0) is 17.3. The summed E-state index contributed by atoms with van der Waals surface area (Å²) >= 11 is 5.76. The number of pyridine rings is 1. The van der Waals surface area contributed by atoms with Crippen molar-refractivity contribution in [3.8, 4) is 0 Å². The van der Waals surface area contributed by atoms with Crippen molar-refractivity contribution in [3.63, 3.8) is 0 Å². The van der Waals surface area contributed by atoms with E-state index in [0.29, 0.717) is 15.9 Å². The lowest BCUT2D eigenvalue weighted by Gasteiger charge is -2.18. The highest BCUT2D eigenvalue weighted by Crippen LogP contribution is 2.22. The van der Waals surface area contributed by atoms with E-state index in [1.807, 2.05) is 0 Å². The molecule has 0 saturated heterocycles. The number of hydrogen-bond donors (Lipinski definition) is 0. The van der Waals surface area contributed by atoms with Crippen LogP contribution in [-0.2, 0) is 9.63 Å². The number of anilines is 1. The lowest BCUT2D eigenvalue weighted by atomic mass is 10.1. The molecule has 0 radical (unpaired) electrons. The van der Waals surface area contributed by atoms with Gasteiger partial charge in [-0.25, -0.2) is 9.78 Å². The monoisotopic (exact) mass is 345 g/mol. The van der Waals surface area contributed by atoms with Crippen LogP contribution in [0.4, 0.5) is 5.82 Å². The van der Waals surface area contributed by atoms with Crippen molar-refractivity contribution in [2.75, 3.05) is 18.5 Å². The number of carbonyl (C=O) groups is 3. The van der Waals surface area contributed by atoms with Crippen LogP contribution in [0.2, 0.25) is 5.02 Å². The number of amides is 2. The van der Waals surface area contributed by atoms with E-state index in [9.17, 15) is 14.4 Å². The minimum Gasteiger partial charge on any atom is -0.348 e.